The van der Waals surface area contributed by atoms with Crippen LogP contribution < -0.4 is 5.73 Å². The molecule has 2 rings (SSSR count). The molecule has 0 heterocycles. The van der Waals surface area contributed by atoms with Crippen molar-refractivity contribution in [3.63, 3.8) is 0 Å². The quantitative estimate of drug-likeness (QED) is 0.822. The highest BCUT2D eigenvalue weighted by atomic mass is 35.5. The third-order valence-electron chi connectivity index (χ3n) is 2.94. The Balaban J connectivity index is 2.61. The van der Waals surface area contributed by atoms with Crippen molar-refractivity contribution < 1.29 is 5.11 Å². The Kier molecular flexibility index (Phi) is 3.53. The van der Waals surface area contributed by atoms with E-state index in [9.17, 15) is 5.11 Å². The van der Waals surface area contributed by atoms with E-state index in [1.54, 1.807) is 37.3 Å². The highest BCUT2D eigenvalue weighted by Crippen LogP contribution is 2.37. The van der Waals surface area contributed by atoms with E-state index in [1.807, 2.05) is 12.1 Å². The number of rotatable bonds is 2. The van der Waals surface area contributed by atoms with Crippen LogP contribution in [0.3, 0.4) is 0 Å². The van der Waals surface area contributed by atoms with Crippen molar-refractivity contribution in [3.05, 3.63) is 63.6 Å². The predicted octanol–water partition coefficient (Wildman–Crippen LogP) is 3.83. The molecular weight excluding hydrogens is 269 g/mol. The number of nitrogens with two attached hydrogens (primary N) is 1. The summed E-state index contributed by atoms with van der Waals surface area (Å²) < 4.78 is 0. The molecule has 0 radical (unpaired) electrons. The maximum Gasteiger partial charge on any atom is 0.115 e. The lowest BCUT2D eigenvalue weighted by Gasteiger charge is -2.27. The fourth-order valence-electron chi connectivity index (χ4n) is 1.95. The fraction of sp³-hybridized carbons (Fsp3) is 0.143. The molecule has 0 aromatic heterocycles. The van der Waals surface area contributed by atoms with Gasteiger partial charge in [-0.3, -0.25) is 0 Å². The van der Waals surface area contributed by atoms with Gasteiger partial charge in [0.1, 0.15) is 5.60 Å². The molecule has 2 aromatic carbocycles. The van der Waals surface area contributed by atoms with Crippen LogP contribution in [0.5, 0.6) is 0 Å². The monoisotopic (exact) mass is 281 g/mol. The molecule has 1 atom stereocenters. The molecule has 0 saturated heterocycles. The molecule has 0 spiro atoms. The minimum atomic E-state index is -1.28. The molecule has 18 heavy (non-hydrogen) atoms. The summed E-state index contributed by atoms with van der Waals surface area (Å²) in [5.74, 6) is 0. The molecule has 0 amide bonds. The first-order chi connectivity index (χ1) is 8.43. The van der Waals surface area contributed by atoms with Gasteiger partial charge in [-0.1, -0.05) is 41.4 Å². The molecule has 3 N–H and O–H groups in total. The lowest BCUT2D eigenvalue weighted by molar-refractivity contribution is 0.103. The van der Waals surface area contributed by atoms with E-state index >= 15 is 0 Å². The largest absolute Gasteiger partial charge is 0.398 e. The van der Waals surface area contributed by atoms with Crippen molar-refractivity contribution in [3.8, 4) is 0 Å². The molecule has 0 fully saturated rings. The average Bonchev–Trinajstić information content (AvgIpc) is 2.32. The third kappa shape index (κ3) is 2.32. The zero-order chi connectivity index (χ0) is 13.3. The van der Waals surface area contributed by atoms with E-state index in [-0.39, 0.29) is 0 Å². The topological polar surface area (TPSA) is 46.2 Å². The van der Waals surface area contributed by atoms with Crippen LogP contribution in [-0.2, 0) is 5.60 Å². The van der Waals surface area contributed by atoms with E-state index in [4.69, 9.17) is 28.9 Å². The van der Waals surface area contributed by atoms with Gasteiger partial charge < -0.3 is 10.8 Å². The third-order valence-corrected chi connectivity index (χ3v) is 3.50. The Bertz CT molecular complexity index is 582. The van der Waals surface area contributed by atoms with Gasteiger partial charge in [-0.2, -0.15) is 0 Å². The lowest BCUT2D eigenvalue weighted by Crippen LogP contribution is -2.24. The van der Waals surface area contributed by atoms with Gasteiger partial charge >= 0.3 is 0 Å². The van der Waals surface area contributed by atoms with Crippen LogP contribution in [0.25, 0.3) is 0 Å². The molecule has 2 aromatic rings. The Hall–Kier alpha value is -1.22. The Morgan fingerprint density at radius 3 is 2.39 bits per heavy atom. The van der Waals surface area contributed by atoms with Gasteiger partial charge in [0.05, 0.1) is 0 Å². The number of anilines is 1. The van der Waals surface area contributed by atoms with Crippen molar-refractivity contribution in [1.29, 1.82) is 0 Å². The maximum atomic E-state index is 10.7. The summed E-state index contributed by atoms with van der Waals surface area (Å²) in [6, 6.07) is 12.1. The fourth-order valence-corrected chi connectivity index (χ4v) is 2.44. The summed E-state index contributed by atoms with van der Waals surface area (Å²) in [6.07, 6.45) is 0. The molecule has 94 valence electrons. The molecule has 0 aliphatic carbocycles. The molecule has 0 bridgehead atoms. The number of nitrogen functional groups attached to an aromatic ring is 1. The lowest BCUT2D eigenvalue weighted by atomic mass is 9.87. The van der Waals surface area contributed by atoms with Crippen molar-refractivity contribution in [2.45, 2.75) is 12.5 Å². The Labute approximate surface area is 116 Å². The first-order valence-electron chi connectivity index (χ1n) is 5.46. The van der Waals surface area contributed by atoms with Crippen LogP contribution in [0.2, 0.25) is 10.0 Å². The van der Waals surface area contributed by atoms with Crippen LogP contribution in [-0.4, -0.2) is 5.11 Å². The number of halogens is 2. The highest BCUT2D eigenvalue weighted by Gasteiger charge is 2.29. The Morgan fingerprint density at radius 1 is 1.06 bits per heavy atom. The van der Waals surface area contributed by atoms with Crippen LogP contribution in [0, 0.1) is 0 Å². The van der Waals surface area contributed by atoms with Crippen LogP contribution in [0.1, 0.15) is 18.1 Å². The normalized spacial score (nSPS) is 14.2. The van der Waals surface area contributed by atoms with E-state index in [1.165, 1.54) is 0 Å². The molecular formula is C14H13Cl2NO. The van der Waals surface area contributed by atoms with Crippen LogP contribution in [0.15, 0.2) is 42.5 Å². The van der Waals surface area contributed by atoms with Crippen molar-refractivity contribution in [2.24, 2.45) is 0 Å². The minimum absolute atomic E-state index is 0.476. The summed E-state index contributed by atoms with van der Waals surface area (Å²) in [5, 5.41) is 11.7. The smallest absolute Gasteiger partial charge is 0.115 e. The predicted molar refractivity (Wildman–Crippen MR) is 76.0 cm³/mol. The van der Waals surface area contributed by atoms with Gasteiger partial charge in [0.15, 0.2) is 0 Å². The number of hydrogen-bond donors (Lipinski definition) is 2. The number of hydrogen-bond acceptors (Lipinski definition) is 2. The summed E-state index contributed by atoms with van der Waals surface area (Å²) in [7, 11) is 0. The average molecular weight is 282 g/mol. The van der Waals surface area contributed by atoms with Gasteiger partial charge in [0.25, 0.3) is 0 Å². The molecule has 0 aliphatic rings. The second kappa shape index (κ2) is 4.81. The van der Waals surface area contributed by atoms with Crippen molar-refractivity contribution in [1.82, 2.24) is 0 Å². The van der Waals surface area contributed by atoms with Crippen LogP contribution in [0.4, 0.5) is 5.69 Å². The first kappa shape index (κ1) is 13.2. The van der Waals surface area contributed by atoms with E-state index in [0.29, 0.717) is 26.9 Å². The summed E-state index contributed by atoms with van der Waals surface area (Å²) in [6.45, 7) is 1.65. The van der Waals surface area contributed by atoms with E-state index in [0.717, 1.165) is 0 Å². The second-order valence-corrected chi connectivity index (χ2v) is 5.13. The molecule has 0 saturated carbocycles. The van der Waals surface area contributed by atoms with Crippen molar-refractivity contribution in [2.75, 3.05) is 5.73 Å². The Morgan fingerprint density at radius 2 is 1.72 bits per heavy atom. The summed E-state index contributed by atoms with van der Waals surface area (Å²) in [4.78, 5) is 0. The zero-order valence-corrected chi connectivity index (χ0v) is 11.3. The SMILES string of the molecule is C[C@](O)(c1cc(Cl)ccc1N)c1ccccc1Cl. The minimum Gasteiger partial charge on any atom is -0.398 e. The van der Waals surface area contributed by atoms with E-state index < -0.39 is 5.60 Å². The number of benzene rings is 2. The zero-order valence-electron chi connectivity index (χ0n) is 9.82. The first-order valence-corrected chi connectivity index (χ1v) is 6.21. The standard InChI is InChI=1S/C14H13Cl2NO/c1-14(18,10-4-2-3-5-12(10)16)11-8-9(15)6-7-13(11)17/h2-8,18H,17H2,1H3/t14-/m1/s1. The van der Waals surface area contributed by atoms with Gasteiger partial charge in [-0.15, -0.1) is 0 Å². The molecule has 2 nitrogen and oxygen atoms in total. The van der Waals surface area contributed by atoms with E-state index in [2.05, 4.69) is 0 Å². The van der Waals surface area contributed by atoms with Crippen LogP contribution >= 0.6 is 23.2 Å². The van der Waals surface area contributed by atoms with Gasteiger partial charge in [0.2, 0.25) is 0 Å². The summed E-state index contributed by atoms with van der Waals surface area (Å²) >= 11 is 12.1. The maximum absolute atomic E-state index is 10.7. The molecule has 4 heteroatoms. The molecule has 0 aliphatic heterocycles. The summed E-state index contributed by atoms with van der Waals surface area (Å²) in [5.41, 5.74) is 6.24. The highest BCUT2D eigenvalue weighted by molar-refractivity contribution is 6.31. The van der Waals surface area contributed by atoms with Gasteiger partial charge in [0, 0.05) is 26.9 Å². The number of aliphatic hydroxyl groups is 1. The second-order valence-electron chi connectivity index (χ2n) is 4.28. The van der Waals surface area contributed by atoms with Crippen molar-refractivity contribution >= 4 is 28.9 Å². The van der Waals surface area contributed by atoms with Gasteiger partial charge in [-0.25, -0.2) is 0 Å². The van der Waals surface area contributed by atoms with Gasteiger partial charge in [-0.05, 0) is 31.2 Å². The molecule has 0 unspecified atom stereocenters.